The summed E-state index contributed by atoms with van der Waals surface area (Å²) in [6.45, 7) is 2.41. The Kier molecular flexibility index (Phi) is 11.5. The molecule has 2 amide bonds. The lowest BCUT2D eigenvalue weighted by Gasteiger charge is -2.10. The molecule has 0 saturated heterocycles. The third-order valence-corrected chi connectivity index (χ3v) is 5.71. The highest BCUT2D eigenvalue weighted by Crippen LogP contribution is 2.29. The van der Waals surface area contributed by atoms with Crippen molar-refractivity contribution in [1.29, 1.82) is 0 Å². The van der Waals surface area contributed by atoms with E-state index in [1.54, 1.807) is 54.6 Å². The van der Waals surface area contributed by atoms with Crippen molar-refractivity contribution in [2.45, 2.75) is 19.8 Å². The van der Waals surface area contributed by atoms with Crippen molar-refractivity contribution in [3.8, 4) is 28.7 Å². The van der Waals surface area contributed by atoms with E-state index in [1.165, 1.54) is 33.6 Å². The van der Waals surface area contributed by atoms with E-state index in [9.17, 15) is 14.4 Å². The molecule has 0 aromatic heterocycles. The van der Waals surface area contributed by atoms with Crippen LogP contribution in [0.4, 0.5) is 0 Å². The second-order valence-electron chi connectivity index (χ2n) is 8.57. The third-order valence-electron chi connectivity index (χ3n) is 5.71. The number of hydrogen-bond acceptors (Lipinski definition) is 9. The highest BCUT2D eigenvalue weighted by atomic mass is 16.6. The molecule has 0 heterocycles. The van der Waals surface area contributed by atoms with Gasteiger partial charge in [0, 0.05) is 5.56 Å². The van der Waals surface area contributed by atoms with Crippen LogP contribution in [0.1, 0.15) is 46.0 Å². The zero-order chi connectivity index (χ0) is 29.6. The number of amides is 2. The van der Waals surface area contributed by atoms with E-state index in [-0.39, 0.29) is 12.3 Å². The molecular formula is C30H33N3O8. The van der Waals surface area contributed by atoms with E-state index < -0.39 is 17.8 Å². The normalized spacial score (nSPS) is 10.5. The van der Waals surface area contributed by atoms with Gasteiger partial charge in [0.25, 0.3) is 11.8 Å². The average Bonchev–Trinajstić information content (AvgIpc) is 3.00. The molecule has 41 heavy (non-hydrogen) atoms. The Labute approximate surface area is 238 Å². The Morgan fingerprint density at radius 1 is 0.805 bits per heavy atom. The molecule has 3 aromatic rings. The van der Waals surface area contributed by atoms with Crippen LogP contribution in [0.5, 0.6) is 28.7 Å². The van der Waals surface area contributed by atoms with Crippen LogP contribution in [-0.4, -0.2) is 58.5 Å². The lowest BCUT2D eigenvalue weighted by atomic mass is 10.2. The number of rotatable bonds is 14. The van der Waals surface area contributed by atoms with Crippen LogP contribution in [0, 0.1) is 0 Å². The number of ether oxygens (including phenoxy) is 5. The molecule has 3 rings (SSSR count). The first-order chi connectivity index (χ1) is 19.9. The molecule has 0 aliphatic heterocycles. The lowest BCUT2D eigenvalue weighted by molar-refractivity contribution is -0.120. The van der Waals surface area contributed by atoms with Gasteiger partial charge >= 0.3 is 5.97 Å². The van der Waals surface area contributed by atoms with Gasteiger partial charge < -0.3 is 29.0 Å². The molecular weight excluding hydrogens is 530 g/mol. The van der Waals surface area contributed by atoms with Crippen molar-refractivity contribution < 1.29 is 38.1 Å². The minimum atomic E-state index is -0.549. The number of esters is 1. The summed E-state index contributed by atoms with van der Waals surface area (Å²) in [4.78, 5) is 37.1. The Morgan fingerprint density at radius 3 is 2.15 bits per heavy atom. The summed E-state index contributed by atoms with van der Waals surface area (Å²) < 4.78 is 26.8. The van der Waals surface area contributed by atoms with Crippen molar-refractivity contribution in [1.82, 2.24) is 10.7 Å². The first-order valence-electron chi connectivity index (χ1n) is 12.8. The topological polar surface area (TPSA) is 134 Å². The third kappa shape index (κ3) is 8.99. The Hall–Kier alpha value is -5.06. The van der Waals surface area contributed by atoms with Gasteiger partial charge in [-0.25, -0.2) is 10.2 Å². The number of hydrazone groups is 1. The SMILES string of the molecule is CCCCOc1ccc(C(=O)Oc2ccc(/C=N\NC(=O)CNC(=O)c3ccc(OC)c(OC)c3)cc2OC)cc1. The van der Waals surface area contributed by atoms with Crippen molar-refractivity contribution >= 4 is 24.0 Å². The Bertz CT molecular complexity index is 1370. The molecule has 0 radical (unpaired) electrons. The minimum absolute atomic E-state index is 0.222. The predicted molar refractivity (Wildman–Crippen MR) is 152 cm³/mol. The largest absolute Gasteiger partial charge is 0.494 e. The van der Waals surface area contributed by atoms with Crippen LogP contribution < -0.4 is 34.4 Å². The fraction of sp³-hybridized carbons (Fsp3) is 0.267. The maximum Gasteiger partial charge on any atom is 0.343 e. The average molecular weight is 564 g/mol. The van der Waals surface area contributed by atoms with Gasteiger partial charge in [-0.3, -0.25) is 9.59 Å². The number of methoxy groups -OCH3 is 3. The van der Waals surface area contributed by atoms with E-state index in [0.29, 0.717) is 46.3 Å². The molecule has 0 aliphatic rings. The number of carbonyl (C=O) groups excluding carboxylic acids is 3. The summed E-state index contributed by atoms with van der Waals surface area (Å²) in [5.74, 6) is 0.543. The molecule has 0 bridgehead atoms. The maximum absolute atomic E-state index is 12.6. The Morgan fingerprint density at radius 2 is 1.46 bits per heavy atom. The summed E-state index contributed by atoms with van der Waals surface area (Å²) in [7, 11) is 4.40. The number of carbonyl (C=O) groups is 3. The number of hydrogen-bond donors (Lipinski definition) is 2. The molecule has 11 heteroatoms. The first-order valence-corrected chi connectivity index (χ1v) is 12.8. The Balaban J connectivity index is 1.51. The van der Waals surface area contributed by atoms with Gasteiger partial charge in [-0.05, 0) is 72.6 Å². The van der Waals surface area contributed by atoms with Gasteiger partial charge in [-0.1, -0.05) is 13.3 Å². The van der Waals surface area contributed by atoms with Crippen LogP contribution >= 0.6 is 0 Å². The van der Waals surface area contributed by atoms with Crippen molar-refractivity contribution in [3.63, 3.8) is 0 Å². The summed E-state index contributed by atoms with van der Waals surface area (Å²) in [6, 6.07) is 16.2. The van der Waals surface area contributed by atoms with E-state index in [4.69, 9.17) is 23.7 Å². The second-order valence-corrected chi connectivity index (χ2v) is 8.57. The molecule has 0 saturated carbocycles. The number of nitrogens with one attached hydrogen (secondary N) is 2. The molecule has 2 N–H and O–H groups in total. The standard InChI is InChI=1S/C30H33N3O8/c1-5-6-15-40-23-11-8-21(9-12-23)30(36)41-25-13-7-20(16-26(25)38-3)18-32-33-28(34)19-31-29(35)22-10-14-24(37-2)27(17-22)39-4/h7-14,16-18H,5-6,15,19H2,1-4H3,(H,31,35)(H,33,34)/b32-18-. The summed E-state index contributed by atoms with van der Waals surface area (Å²) in [5, 5.41) is 6.41. The minimum Gasteiger partial charge on any atom is -0.494 e. The molecule has 0 spiro atoms. The smallest absolute Gasteiger partial charge is 0.343 e. The predicted octanol–water partition coefficient (Wildman–Crippen LogP) is 3.99. The number of benzene rings is 3. The highest BCUT2D eigenvalue weighted by molar-refractivity contribution is 5.97. The van der Waals surface area contributed by atoms with E-state index in [1.807, 2.05) is 0 Å². The van der Waals surface area contributed by atoms with Crippen LogP contribution in [-0.2, 0) is 4.79 Å². The maximum atomic E-state index is 12.6. The quantitative estimate of drug-likeness (QED) is 0.0989. The fourth-order valence-electron chi connectivity index (χ4n) is 3.49. The summed E-state index contributed by atoms with van der Waals surface area (Å²) >= 11 is 0. The highest BCUT2D eigenvalue weighted by Gasteiger charge is 2.14. The number of unbranched alkanes of at least 4 members (excludes halogenated alkanes) is 1. The molecule has 216 valence electrons. The van der Waals surface area contributed by atoms with Gasteiger partial charge in [0.15, 0.2) is 23.0 Å². The molecule has 0 unspecified atom stereocenters. The van der Waals surface area contributed by atoms with Gasteiger partial charge in [0.2, 0.25) is 0 Å². The van der Waals surface area contributed by atoms with Gasteiger partial charge in [0.1, 0.15) is 5.75 Å². The van der Waals surface area contributed by atoms with E-state index in [2.05, 4.69) is 22.8 Å². The van der Waals surface area contributed by atoms with Crippen LogP contribution in [0.25, 0.3) is 0 Å². The van der Waals surface area contributed by atoms with Crippen LogP contribution in [0.15, 0.2) is 65.8 Å². The van der Waals surface area contributed by atoms with Crippen molar-refractivity contribution in [2.75, 3.05) is 34.5 Å². The molecule has 11 nitrogen and oxygen atoms in total. The zero-order valence-corrected chi connectivity index (χ0v) is 23.4. The van der Waals surface area contributed by atoms with Crippen LogP contribution in [0.3, 0.4) is 0 Å². The fourth-order valence-corrected chi connectivity index (χ4v) is 3.49. The van der Waals surface area contributed by atoms with E-state index >= 15 is 0 Å². The van der Waals surface area contributed by atoms with Crippen LogP contribution in [0.2, 0.25) is 0 Å². The summed E-state index contributed by atoms with van der Waals surface area (Å²) in [5.41, 5.74) is 3.58. The van der Waals surface area contributed by atoms with Crippen molar-refractivity contribution in [2.24, 2.45) is 5.10 Å². The number of nitrogens with zero attached hydrogens (tertiary/aromatic N) is 1. The lowest BCUT2D eigenvalue weighted by Crippen LogP contribution is -2.34. The van der Waals surface area contributed by atoms with E-state index in [0.717, 1.165) is 12.8 Å². The second kappa shape index (κ2) is 15.5. The molecule has 0 fully saturated rings. The molecule has 0 aliphatic carbocycles. The first kappa shape index (κ1) is 30.5. The monoisotopic (exact) mass is 563 g/mol. The van der Waals surface area contributed by atoms with Crippen molar-refractivity contribution in [3.05, 3.63) is 77.4 Å². The molecule has 3 aromatic carbocycles. The summed E-state index contributed by atoms with van der Waals surface area (Å²) in [6.07, 6.45) is 3.38. The van der Waals surface area contributed by atoms with Gasteiger partial charge in [-0.15, -0.1) is 0 Å². The molecule has 0 atom stereocenters. The van der Waals surface area contributed by atoms with Gasteiger partial charge in [0.05, 0.1) is 46.3 Å². The van der Waals surface area contributed by atoms with Gasteiger partial charge in [-0.2, -0.15) is 5.10 Å². The zero-order valence-electron chi connectivity index (χ0n) is 23.4.